The lowest BCUT2D eigenvalue weighted by Crippen LogP contribution is -2.16. The summed E-state index contributed by atoms with van der Waals surface area (Å²) in [4.78, 5) is 4.35. The van der Waals surface area contributed by atoms with Crippen molar-refractivity contribution in [1.29, 1.82) is 0 Å². The monoisotopic (exact) mass is 325 g/mol. The third-order valence-electron chi connectivity index (χ3n) is 2.88. The van der Waals surface area contributed by atoms with Crippen molar-refractivity contribution in [3.8, 4) is 0 Å². The first kappa shape index (κ1) is 14.2. The number of imidazole rings is 1. The Morgan fingerprint density at radius 3 is 3.05 bits per heavy atom. The third-order valence-corrected chi connectivity index (χ3v) is 3.77. The van der Waals surface area contributed by atoms with E-state index in [9.17, 15) is 4.39 Å². The Balaban J connectivity index is 2.01. The van der Waals surface area contributed by atoms with Crippen molar-refractivity contribution >= 4 is 15.9 Å². The first-order chi connectivity index (χ1) is 9.20. The third kappa shape index (κ3) is 3.88. The van der Waals surface area contributed by atoms with Crippen molar-refractivity contribution in [3.05, 3.63) is 52.3 Å². The van der Waals surface area contributed by atoms with Gasteiger partial charge in [-0.2, -0.15) is 0 Å². The predicted octanol–water partition coefficient (Wildman–Crippen LogP) is 2.99. The molecule has 1 aromatic heterocycles. The van der Waals surface area contributed by atoms with E-state index in [0.717, 1.165) is 30.8 Å². The second-order valence-electron chi connectivity index (χ2n) is 4.35. The van der Waals surface area contributed by atoms with Crippen LogP contribution in [-0.4, -0.2) is 22.6 Å². The average molecular weight is 326 g/mol. The van der Waals surface area contributed by atoms with Gasteiger partial charge in [0.2, 0.25) is 0 Å². The van der Waals surface area contributed by atoms with Crippen LogP contribution in [0.5, 0.6) is 0 Å². The van der Waals surface area contributed by atoms with Crippen LogP contribution in [0, 0.1) is 5.82 Å². The van der Waals surface area contributed by atoms with Gasteiger partial charge in [-0.1, -0.05) is 19.1 Å². The van der Waals surface area contributed by atoms with Gasteiger partial charge in [0.25, 0.3) is 0 Å². The summed E-state index contributed by atoms with van der Waals surface area (Å²) >= 11 is 3.28. The van der Waals surface area contributed by atoms with E-state index in [1.54, 1.807) is 12.4 Å². The molecule has 1 N–H and O–H groups in total. The van der Waals surface area contributed by atoms with E-state index in [-0.39, 0.29) is 5.82 Å². The van der Waals surface area contributed by atoms with Gasteiger partial charge in [0.15, 0.2) is 0 Å². The zero-order valence-electron chi connectivity index (χ0n) is 10.9. The molecule has 0 atom stereocenters. The number of nitrogens with one attached hydrogen (secondary N) is 1. The average Bonchev–Trinajstić information content (AvgIpc) is 2.83. The topological polar surface area (TPSA) is 29.9 Å². The van der Waals surface area contributed by atoms with Crippen molar-refractivity contribution < 1.29 is 4.39 Å². The molecular weight excluding hydrogens is 309 g/mol. The van der Waals surface area contributed by atoms with Crippen LogP contribution in [0.3, 0.4) is 0 Å². The summed E-state index contributed by atoms with van der Waals surface area (Å²) in [6.07, 6.45) is 4.71. The smallest absolute Gasteiger partial charge is 0.137 e. The lowest BCUT2D eigenvalue weighted by molar-refractivity contribution is 0.616. The highest BCUT2D eigenvalue weighted by Gasteiger charge is 2.06. The molecule has 0 amide bonds. The Labute approximate surface area is 121 Å². The molecule has 0 saturated heterocycles. The van der Waals surface area contributed by atoms with Gasteiger partial charge in [-0.3, -0.25) is 0 Å². The molecule has 2 rings (SSSR count). The minimum absolute atomic E-state index is 0.231. The molecule has 19 heavy (non-hydrogen) atoms. The van der Waals surface area contributed by atoms with Crippen molar-refractivity contribution in [2.75, 3.05) is 13.1 Å². The Morgan fingerprint density at radius 2 is 2.26 bits per heavy atom. The number of benzene rings is 1. The van der Waals surface area contributed by atoms with Crippen LogP contribution in [0.25, 0.3) is 0 Å². The quantitative estimate of drug-likeness (QED) is 0.827. The van der Waals surface area contributed by atoms with E-state index in [2.05, 4.69) is 33.2 Å². The van der Waals surface area contributed by atoms with Gasteiger partial charge in [-0.15, -0.1) is 0 Å². The maximum Gasteiger partial charge on any atom is 0.137 e. The van der Waals surface area contributed by atoms with E-state index in [1.165, 1.54) is 6.07 Å². The number of nitrogens with zero attached hydrogens (tertiary/aromatic N) is 2. The molecule has 3 nitrogen and oxygen atoms in total. The molecule has 1 heterocycles. The molecule has 0 aliphatic rings. The minimum atomic E-state index is -0.231. The second kappa shape index (κ2) is 6.82. The molecule has 0 aliphatic carbocycles. The zero-order valence-corrected chi connectivity index (χ0v) is 12.5. The Hall–Kier alpha value is -1.20. The fourth-order valence-corrected chi connectivity index (χ4v) is 2.27. The number of hydrogen-bond acceptors (Lipinski definition) is 2. The van der Waals surface area contributed by atoms with Gasteiger partial charge in [0.05, 0.1) is 16.5 Å². The summed E-state index contributed by atoms with van der Waals surface area (Å²) < 4.78 is 15.9. The summed E-state index contributed by atoms with van der Waals surface area (Å²) in [5.74, 6) is -0.231. The van der Waals surface area contributed by atoms with Gasteiger partial charge in [-0.05, 0) is 34.1 Å². The molecule has 0 fully saturated rings. The van der Waals surface area contributed by atoms with E-state index in [0.29, 0.717) is 11.0 Å². The van der Waals surface area contributed by atoms with Crippen LogP contribution >= 0.6 is 15.9 Å². The van der Waals surface area contributed by atoms with E-state index in [1.807, 2.05) is 16.8 Å². The summed E-state index contributed by atoms with van der Waals surface area (Å²) in [6.45, 7) is 4.60. The number of aromatic nitrogens is 2. The Kier molecular flexibility index (Phi) is 5.10. The Morgan fingerprint density at radius 1 is 1.42 bits per heavy atom. The Bertz CT molecular complexity index is 539. The van der Waals surface area contributed by atoms with Crippen molar-refractivity contribution in [2.45, 2.75) is 19.9 Å². The lowest BCUT2D eigenvalue weighted by Gasteiger charge is -2.05. The molecule has 0 bridgehead atoms. The summed E-state index contributed by atoms with van der Waals surface area (Å²) in [5.41, 5.74) is 1.96. The molecule has 0 saturated carbocycles. The molecular formula is C14H17BrFN3. The number of likely N-dealkylation sites (N-methyl/N-ethyl adjacent to an activating group) is 1. The van der Waals surface area contributed by atoms with E-state index in [4.69, 9.17) is 0 Å². The molecule has 1 aromatic carbocycles. The standard InChI is InChI=1S/C14H17BrFN3/c1-2-17-7-6-12-9-19(10-18-12)8-11-4-3-5-13(16)14(11)15/h3-5,9-10,17H,2,6-8H2,1H3. The van der Waals surface area contributed by atoms with Gasteiger partial charge in [0, 0.05) is 25.7 Å². The van der Waals surface area contributed by atoms with Crippen LogP contribution in [-0.2, 0) is 13.0 Å². The first-order valence-corrected chi connectivity index (χ1v) is 7.14. The van der Waals surface area contributed by atoms with Crippen LogP contribution in [0.4, 0.5) is 4.39 Å². The summed E-state index contributed by atoms with van der Waals surface area (Å²) in [6, 6.07) is 5.08. The van der Waals surface area contributed by atoms with Crippen LogP contribution < -0.4 is 5.32 Å². The molecule has 5 heteroatoms. The number of rotatable bonds is 6. The van der Waals surface area contributed by atoms with Crippen molar-refractivity contribution in [2.24, 2.45) is 0 Å². The SMILES string of the molecule is CCNCCc1cn(Cc2cccc(F)c2Br)cn1. The minimum Gasteiger partial charge on any atom is -0.333 e. The highest BCUT2D eigenvalue weighted by Crippen LogP contribution is 2.21. The molecule has 2 aromatic rings. The molecule has 0 aliphatic heterocycles. The molecule has 0 radical (unpaired) electrons. The largest absolute Gasteiger partial charge is 0.333 e. The van der Waals surface area contributed by atoms with Gasteiger partial charge in [0.1, 0.15) is 5.82 Å². The maximum absolute atomic E-state index is 13.4. The first-order valence-electron chi connectivity index (χ1n) is 6.35. The highest BCUT2D eigenvalue weighted by molar-refractivity contribution is 9.10. The second-order valence-corrected chi connectivity index (χ2v) is 5.15. The van der Waals surface area contributed by atoms with E-state index >= 15 is 0 Å². The highest BCUT2D eigenvalue weighted by atomic mass is 79.9. The fourth-order valence-electron chi connectivity index (χ4n) is 1.88. The van der Waals surface area contributed by atoms with Gasteiger partial charge < -0.3 is 9.88 Å². The van der Waals surface area contributed by atoms with Crippen LogP contribution in [0.1, 0.15) is 18.2 Å². The fraction of sp³-hybridized carbons (Fsp3) is 0.357. The van der Waals surface area contributed by atoms with Gasteiger partial charge in [-0.25, -0.2) is 9.37 Å². The van der Waals surface area contributed by atoms with Crippen molar-refractivity contribution in [1.82, 2.24) is 14.9 Å². The number of hydrogen-bond donors (Lipinski definition) is 1. The number of halogens is 2. The summed E-state index contributed by atoms with van der Waals surface area (Å²) in [5, 5.41) is 3.27. The molecule has 102 valence electrons. The van der Waals surface area contributed by atoms with E-state index < -0.39 is 0 Å². The zero-order chi connectivity index (χ0) is 13.7. The lowest BCUT2D eigenvalue weighted by atomic mass is 10.2. The molecule has 0 spiro atoms. The van der Waals surface area contributed by atoms with Gasteiger partial charge >= 0.3 is 0 Å². The molecule has 0 unspecified atom stereocenters. The summed E-state index contributed by atoms with van der Waals surface area (Å²) in [7, 11) is 0. The van der Waals surface area contributed by atoms with Crippen LogP contribution in [0.2, 0.25) is 0 Å². The van der Waals surface area contributed by atoms with Crippen molar-refractivity contribution in [3.63, 3.8) is 0 Å². The predicted molar refractivity (Wildman–Crippen MR) is 77.7 cm³/mol. The maximum atomic E-state index is 13.4. The van der Waals surface area contributed by atoms with Crippen LogP contribution in [0.15, 0.2) is 35.2 Å². The normalized spacial score (nSPS) is 10.9.